The fourth-order valence-electron chi connectivity index (χ4n) is 1.75. The van der Waals surface area contributed by atoms with Gasteiger partial charge in [-0.3, -0.25) is 0 Å². The molecule has 2 rings (SSSR count). The van der Waals surface area contributed by atoms with Gasteiger partial charge in [0.05, 0.1) is 5.02 Å². The molecule has 18 heavy (non-hydrogen) atoms. The number of rotatable bonds is 4. The van der Waals surface area contributed by atoms with Crippen LogP contribution in [0, 0.1) is 6.92 Å². The molecule has 0 saturated heterocycles. The molecule has 0 fully saturated rings. The van der Waals surface area contributed by atoms with E-state index in [1.165, 1.54) is 5.56 Å². The highest BCUT2D eigenvalue weighted by molar-refractivity contribution is 6.32. The molecule has 3 heteroatoms. The fourth-order valence-corrected chi connectivity index (χ4v) is 2.01. The van der Waals surface area contributed by atoms with Gasteiger partial charge in [-0.15, -0.1) is 0 Å². The summed E-state index contributed by atoms with van der Waals surface area (Å²) in [4.78, 5) is 0. The van der Waals surface area contributed by atoms with Crippen molar-refractivity contribution in [2.75, 3.05) is 0 Å². The summed E-state index contributed by atoms with van der Waals surface area (Å²) in [5.41, 5.74) is 8.91. The Labute approximate surface area is 112 Å². The predicted molar refractivity (Wildman–Crippen MR) is 74.9 cm³/mol. The molecular weight excluding hydrogens is 246 g/mol. The molecule has 2 N–H and O–H groups in total. The first-order valence-electron chi connectivity index (χ1n) is 5.86. The lowest BCUT2D eigenvalue weighted by atomic mass is 10.1. The van der Waals surface area contributed by atoms with Crippen LogP contribution in [-0.4, -0.2) is 0 Å². The second-order valence-corrected chi connectivity index (χ2v) is 4.65. The Morgan fingerprint density at radius 1 is 1.11 bits per heavy atom. The Morgan fingerprint density at radius 2 is 1.94 bits per heavy atom. The molecule has 0 amide bonds. The minimum Gasteiger partial charge on any atom is -0.487 e. The molecular formula is C15H16ClNO. The lowest BCUT2D eigenvalue weighted by molar-refractivity contribution is 0.306. The Hall–Kier alpha value is -1.51. The van der Waals surface area contributed by atoms with Crippen molar-refractivity contribution in [1.82, 2.24) is 0 Å². The molecule has 0 aliphatic carbocycles. The van der Waals surface area contributed by atoms with Crippen LogP contribution in [0.1, 0.15) is 16.7 Å². The number of nitrogens with two attached hydrogens (primary N) is 1. The van der Waals surface area contributed by atoms with Crippen LogP contribution in [0.25, 0.3) is 0 Å². The topological polar surface area (TPSA) is 35.2 Å². The van der Waals surface area contributed by atoms with Gasteiger partial charge in [-0.2, -0.15) is 0 Å². The maximum atomic E-state index is 6.13. The summed E-state index contributed by atoms with van der Waals surface area (Å²) in [5, 5.41) is 0.602. The summed E-state index contributed by atoms with van der Waals surface area (Å²) in [6, 6.07) is 13.8. The van der Waals surface area contributed by atoms with Gasteiger partial charge in [0.15, 0.2) is 0 Å². The maximum absolute atomic E-state index is 6.13. The normalized spacial score (nSPS) is 10.4. The van der Waals surface area contributed by atoms with E-state index in [4.69, 9.17) is 22.1 Å². The first kappa shape index (κ1) is 12.9. The quantitative estimate of drug-likeness (QED) is 0.911. The van der Waals surface area contributed by atoms with Crippen LogP contribution >= 0.6 is 11.6 Å². The molecule has 2 nitrogen and oxygen atoms in total. The molecule has 0 heterocycles. The molecule has 0 aliphatic heterocycles. The van der Waals surface area contributed by atoms with Crippen molar-refractivity contribution in [2.45, 2.75) is 20.1 Å². The number of halogens is 1. The summed E-state index contributed by atoms with van der Waals surface area (Å²) >= 11 is 6.13. The van der Waals surface area contributed by atoms with E-state index in [1.54, 1.807) is 0 Å². The molecule has 0 saturated carbocycles. The third kappa shape index (κ3) is 3.25. The highest BCUT2D eigenvalue weighted by Gasteiger charge is 2.03. The van der Waals surface area contributed by atoms with Crippen LogP contribution in [0.3, 0.4) is 0 Å². The maximum Gasteiger partial charge on any atom is 0.138 e. The van der Waals surface area contributed by atoms with Crippen LogP contribution in [-0.2, 0) is 13.2 Å². The first-order valence-corrected chi connectivity index (χ1v) is 6.23. The number of hydrogen-bond acceptors (Lipinski definition) is 2. The van der Waals surface area contributed by atoms with Gasteiger partial charge in [-0.25, -0.2) is 0 Å². The van der Waals surface area contributed by atoms with E-state index >= 15 is 0 Å². The van der Waals surface area contributed by atoms with Gasteiger partial charge in [-0.05, 0) is 30.2 Å². The lowest BCUT2D eigenvalue weighted by Gasteiger charge is -2.09. The van der Waals surface area contributed by atoms with E-state index in [1.807, 2.05) is 30.3 Å². The van der Waals surface area contributed by atoms with Crippen LogP contribution in [0.4, 0.5) is 0 Å². The van der Waals surface area contributed by atoms with Crippen molar-refractivity contribution >= 4 is 11.6 Å². The summed E-state index contributed by atoms with van der Waals surface area (Å²) in [6.07, 6.45) is 0. The third-order valence-corrected chi connectivity index (χ3v) is 3.00. The minimum absolute atomic E-state index is 0.484. The Morgan fingerprint density at radius 3 is 2.61 bits per heavy atom. The summed E-state index contributed by atoms with van der Waals surface area (Å²) < 4.78 is 5.70. The molecule has 94 valence electrons. The van der Waals surface area contributed by atoms with Crippen molar-refractivity contribution < 1.29 is 4.74 Å². The van der Waals surface area contributed by atoms with E-state index in [9.17, 15) is 0 Å². The third-order valence-electron chi connectivity index (χ3n) is 2.71. The molecule has 0 atom stereocenters. The molecule has 0 aromatic heterocycles. The zero-order valence-corrected chi connectivity index (χ0v) is 11.1. The van der Waals surface area contributed by atoms with Gasteiger partial charge < -0.3 is 10.5 Å². The summed E-state index contributed by atoms with van der Waals surface area (Å²) in [6.45, 7) is 3.06. The average Bonchev–Trinajstić information content (AvgIpc) is 2.37. The Kier molecular flexibility index (Phi) is 4.24. The lowest BCUT2D eigenvalue weighted by Crippen LogP contribution is -1.99. The molecule has 2 aromatic carbocycles. The van der Waals surface area contributed by atoms with E-state index < -0.39 is 0 Å². The zero-order chi connectivity index (χ0) is 13.0. The van der Waals surface area contributed by atoms with E-state index in [0.29, 0.717) is 23.9 Å². The van der Waals surface area contributed by atoms with Gasteiger partial charge in [0, 0.05) is 6.54 Å². The van der Waals surface area contributed by atoms with Gasteiger partial charge in [-0.1, -0.05) is 47.5 Å². The van der Waals surface area contributed by atoms with E-state index in [0.717, 1.165) is 11.1 Å². The van der Waals surface area contributed by atoms with E-state index in [-0.39, 0.29) is 0 Å². The van der Waals surface area contributed by atoms with Crippen molar-refractivity contribution in [1.29, 1.82) is 0 Å². The second-order valence-electron chi connectivity index (χ2n) is 4.25. The fraction of sp³-hybridized carbons (Fsp3) is 0.200. The molecule has 0 bridgehead atoms. The van der Waals surface area contributed by atoms with Crippen molar-refractivity contribution in [3.05, 3.63) is 64.2 Å². The smallest absolute Gasteiger partial charge is 0.138 e. The van der Waals surface area contributed by atoms with Gasteiger partial charge in [0.2, 0.25) is 0 Å². The van der Waals surface area contributed by atoms with E-state index in [2.05, 4.69) is 19.1 Å². The van der Waals surface area contributed by atoms with Crippen LogP contribution in [0.5, 0.6) is 5.75 Å². The van der Waals surface area contributed by atoms with Gasteiger partial charge >= 0.3 is 0 Å². The Bertz CT molecular complexity index is 540. The summed E-state index contributed by atoms with van der Waals surface area (Å²) in [7, 11) is 0. The number of ether oxygens (including phenoxy) is 1. The van der Waals surface area contributed by atoms with Gasteiger partial charge in [0.25, 0.3) is 0 Å². The van der Waals surface area contributed by atoms with Crippen LogP contribution < -0.4 is 10.5 Å². The highest BCUT2D eigenvalue weighted by Crippen LogP contribution is 2.26. The average molecular weight is 262 g/mol. The predicted octanol–water partition coefficient (Wildman–Crippen LogP) is 3.69. The minimum atomic E-state index is 0.484. The molecule has 0 spiro atoms. The second kappa shape index (κ2) is 5.89. The summed E-state index contributed by atoms with van der Waals surface area (Å²) in [5.74, 6) is 0.690. The van der Waals surface area contributed by atoms with Crippen molar-refractivity contribution in [2.24, 2.45) is 5.73 Å². The van der Waals surface area contributed by atoms with Crippen molar-refractivity contribution in [3.8, 4) is 5.75 Å². The standard InChI is InChI=1S/C15H16ClNO/c1-11-3-2-4-13(7-11)10-18-15-6-5-12(9-17)8-14(15)16/h2-8H,9-10,17H2,1H3. The SMILES string of the molecule is Cc1cccc(COc2ccc(CN)cc2Cl)c1. The highest BCUT2D eigenvalue weighted by atomic mass is 35.5. The van der Waals surface area contributed by atoms with Crippen LogP contribution in [0.15, 0.2) is 42.5 Å². The molecule has 0 aliphatic rings. The zero-order valence-electron chi connectivity index (χ0n) is 10.3. The number of benzene rings is 2. The Balaban J connectivity index is 2.06. The number of hydrogen-bond donors (Lipinski definition) is 1. The molecule has 0 unspecified atom stereocenters. The molecule has 0 radical (unpaired) electrons. The number of aryl methyl sites for hydroxylation is 1. The van der Waals surface area contributed by atoms with Gasteiger partial charge in [0.1, 0.15) is 12.4 Å². The molecule has 2 aromatic rings. The van der Waals surface area contributed by atoms with Crippen LogP contribution in [0.2, 0.25) is 5.02 Å². The largest absolute Gasteiger partial charge is 0.487 e. The monoisotopic (exact) mass is 261 g/mol. The first-order chi connectivity index (χ1) is 8.69. The van der Waals surface area contributed by atoms with Crippen molar-refractivity contribution in [3.63, 3.8) is 0 Å².